The quantitative estimate of drug-likeness (QED) is 0.372. The molecule has 0 aliphatic rings. The second-order valence-corrected chi connectivity index (χ2v) is 3.83. The summed E-state index contributed by atoms with van der Waals surface area (Å²) in [6.07, 6.45) is 14.4. The Balaban J connectivity index is 0. The second-order valence-electron chi connectivity index (χ2n) is 3.83. The molecule has 0 saturated heterocycles. The van der Waals surface area contributed by atoms with Crippen LogP contribution in [-0.2, 0) is 0 Å². The fourth-order valence-electron chi connectivity index (χ4n) is 1.56. The summed E-state index contributed by atoms with van der Waals surface area (Å²) in [6.45, 7) is 4.56. The van der Waals surface area contributed by atoms with Crippen LogP contribution in [0.2, 0.25) is 0 Å². The molecule has 0 aromatic heterocycles. The van der Waals surface area contributed by atoms with E-state index in [0.717, 1.165) is 0 Å². The normalized spacial score (nSPS) is 9.69. The molecule has 0 bridgehead atoms. The van der Waals surface area contributed by atoms with Crippen LogP contribution in [0.3, 0.4) is 0 Å². The Kier molecular flexibility index (Phi) is 19.6. The van der Waals surface area contributed by atoms with Crippen LogP contribution in [0.25, 0.3) is 0 Å². The zero-order valence-electron chi connectivity index (χ0n) is 10.1. The van der Waals surface area contributed by atoms with E-state index >= 15 is 0 Å². The van der Waals surface area contributed by atoms with Crippen LogP contribution in [-0.4, -0.2) is 29.6 Å². The van der Waals surface area contributed by atoms with E-state index in [4.69, 9.17) is 0 Å². The van der Waals surface area contributed by atoms with E-state index in [1.807, 2.05) is 0 Å². The minimum absolute atomic E-state index is 0. The van der Waals surface area contributed by atoms with Crippen molar-refractivity contribution in [1.82, 2.24) is 0 Å². The van der Waals surface area contributed by atoms with Gasteiger partial charge in [-0.05, 0) is 0 Å². The van der Waals surface area contributed by atoms with Crippen molar-refractivity contribution in [2.45, 2.75) is 78.1 Å². The first-order chi connectivity index (χ1) is 5.91. The van der Waals surface area contributed by atoms with Crippen LogP contribution in [0.5, 0.6) is 0 Å². The summed E-state index contributed by atoms with van der Waals surface area (Å²) in [4.78, 5) is 0. The molecule has 0 N–H and O–H groups in total. The molecule has 0 unspecified atom stereocenters. The van der Waals surface area contributed by atoms with Crippen molar-refractivity contribution in [3.63, 3.8) is 0 Å². The summed E-state index contributed by atoms with van der Waals surface area (Å²) >= 11 is 0. The van der Waals surface area contributed by atoms with Crippen molar-refractivity contribution >= 4 is 29.6 Å². The third kappa shape index (κ3) is 15.7. The third-order valence-electron chi connectivity index (χ3n) is 2.46. The summed E-state index contributed by atoms with van der Waals surface area (Å²) < 4.78 is 0. The maximum Gasteiger partial charge on any atom is 0 e. The van der Waals surface area contributed by atoms with Gasteiger partial charge in [0.15, 0.2) is 0 Å². The van der Waals surface area contributed by atoms with Gasteiger partial charge in [-0.2, -0.15) is 0 Å². The average Bonchev–Trinajstić information content (AvgIpc) is 2.10. The van der Waals surface area contributed by atoms with Gasteiger partial charge in [0, 0.05) is 29.6 Å². The molecule has 0 heterocycles. The molecule has 1 radical (unpaired) electrons. The zero-order chi connectivity index (χ0) is 9.07. The Hall–Kier alpha value is 1.00. The summed E-state index contributed by atoms with van der Waals surface area (Å²) in [5.74, 6) is 0. The van der Waals surface area contributed by atoms with E-state index in [9.17, 15) is 0 Å². The van der Waals surface area contributed by atoms with Crippen molar-refractivity contribution in [2.24, 2.45) is 0 Å². The molecule has 1 heteroatoms. The molecule has 0 aliphatic heterocycles. The molecule has 0 nitrogen and oxygen atoms in total. The van der Waals surface area contributed by atoms with Gasteiger partial charge in [0.25, 0.3) is 0 Å². The standard InChI is InChI=1S/C12H26.Na/c1-3-5-7-9-11-12-10-8-6-4-2;/h3-12H2,1-2H3;. The van der Waals surface area contributed by atoms with Crippen molar-refractivity contribution in [3.05, 3.63) is 0 Å². The maximum atomic E-state index is 2.28. The van der Waals surface area contributed by atoms with E-state index in [0.29, 0.717) is 0 Å². The van der Waals surface area contributed by atoms with Crippen LogP contribution in [0.4, 0.5) is 0 Å². The van der Waals surface area contributed by atoms with Crippen LogP contribution < -0.4 is 0 Å². The molecule has 13 heavy (non-hydrogen) atoms. The Bertz CT molecular complexity index is 61.5. The molecule has 0 aromatic rings. The zero-order valence-corrected chi connectivity index (χ0v) is 12.1. The molecule has 0 amide bonds. The van der Waals surface area contributed by atoms with Gasteiger partial charge in [0.1, 0.15) is 0 Å². The summed E-state index contributed by atoms with van der Waals surface area (Å²) in [6, 6.07) is 0. The summed E-state index contributed by atoms with van der Waals surface area (Å²) in [5, 5.41) is 0. The van der Waals surface area contributed by atoms with Gasteiger partial charge in [-0.15, -0.1) is 0 Å². The Morgan fingerprint density at radius 1 is 0.462 bits per heavy atom. The number of unbranched alkanes of at least 4 members (excludes halogenated alkanes) is 9. The minimum atomic E-state index is 0. The monoisotopic (exact) mass is 193 g/mol. The Morgan fingerprint density at radius 3 is 0.923 bits per heavy atom. The van der Waals surface area contributed by atoms with Crippen molar-refractivity contribution in [1.29, 1.82) is 0 Å². The number of hydrogen-bond donors (Lipinski definition) is 0. The van der Waals surface area contributed by atoms with Crippen LogP contribution in [0, 0.1) is 0 Å². The van der Waals surface area contributed by atoms with Gasteiger partial charge < -0.3 is 0 Å². The maximum absolute atomic E-state index is 2.28. The molecular formula is C12H26Na. The molecule has 0 spiro atoms. The van der Waals surface area contributed by atoms with Crippen LogP contribution in [0.1, 0.15) is 78.1 Å². The van der Waals surface area contributed by atoms with Gasteiger partial charge in [-0.3, -0.25) is 0 Å². The van der Waals surface area contributed by atoms with Crippen LogP contribution >= 0.6 is 0 Å². The average molecular weight is 193 g/mol. The molecule has 75 valence electrons. The SMILES string of the molecule is CCCCCCCCCCCC.[Na]. The molecule has 0 fully saturated rings. The van der Waals surface area contributed by atoms with Gasteiger partial charge in [-0.25, -0.2) is 0 Å². The molecule has 0 atom stereocenters. The first kappa shape index (κ1) is 16.4. The summed E-state index contributed by atoms with van der Waals surface area (Å²) in [7, 11) is 0. The number of hydrogen-bond acceptors (Lipinski definition) is 0. The van der Waals surface area contributed by atoms with E-state index in [2.05, 4.69) is 13.8 Å². The van der Waals surface area contributed by atoms with E-state index in [1.165, 1.54) is 64.2 Å². The molecule has 0 aliphatic carbocycles. The largest absolute Gasteiger partial charge is 0.0654 e. The van der Waals surface area contributed by atoms with E-state index in [-0.39, 0.29) is 29.6 Å². The molecular weight excluding hydrogens is 167 g/mol. The fraction of sp³-hybridized carbons (Fsp3) is 1.00. The topological polar surface area (TPSA) is 0 Å². The first-order valence-electron chi connectivity index (χ1n) is 5.91. The molecule has 0 saturated carbocycles. The van der Waals surface area contributed by atoms with Crippen molar-refractivity contribution < 1.29 is 0 Å². The predicted molar refractivity (Wildman–Crippen MR) is 63.3 cm³/mol. The minimum Gasteiger partial charge on any atom is -0.0654 e. The first-order valence-corrected chi connectivity index (χ1v) is 5.91. The van der Waals surface area contributed by atoms with E-state index < -0.39 is 0 Å². The Morgan fingerprint density at radius 2 is 0.692 bits per heavy atom. The Labute approximate surface area is 107 Å². The third-order valence-corrected chi connectivity index (χ3v) is 2.46. The van der Waals surface area contributed by atoms with Crippen molar-refractivity contribution in [2.75, 3.05) is 0 Å². The van der Waals surface area contributed by atoms with Gasteiger partial charge >= 0.3 is 0 Å². The fourth-order valence-corrected chi connectivity index (χ4v) is 1.56. The number of rotatable bonds is 9. The van der Waals surface area contributed by atoms with Gasteiger partial charge in [-0.1, -0.05) is 78.1 Å². The molecule has 0 aromatic carbocycles. The van der Waals surface area contributed by atoms with Gasteiger partial charge in [0.05, 0.1) is 0 Å². The van der Waals surface area contributed by atoms with Crippen molar-refractivity contribution in [3.8, 4) is 0 Å². The second kappa shape index (κ2) is 15.5. The molecule has 0 rings (SSSR count). The summed E-state index contributed by atoms with van der Waals surface area (Å²) in [5.41, 5.74) is 0. The van der Waals surface area contributed by atoms with E-state index in [1.54, 1.807) is 0 Å². The van der Waals surface area contributed by atoms with Gasteiger partial charge in [0.2, 0.25) is 0 Å². The van der Waals surface area contributed by atoms with Crippen LogP contribution in [0.15, 0.2) is 0 Å². The predicted octanol–water partition coefficient (Wildman–Crippen LogP) is 4.55. The smallest absolute Gasteiger partial charge is 0 e.